The molecule has 2 aliphatic rings. The normalized spacial score (nSPS) is 22.3. The fraction of sp³-hybridized carbons (Fsp3) is 0.560. The van der Waals surface area contributed by atoms with E-state index in [9.17, 15) is 23.4 Å². The Kier molecular flexibility index (Phi) is 7.52. The van der Waals surface area contributed by atoms with Gasteiger partial charge in [-0.3, -0.25) is 4.79 Å². The molecule has 2 atom stereocenters. The highest BCUT2D eigenvalue weighted by Crippen LogP contribution is 2.39. The Balaban J connectivity index is 1.64. The second-order valence-electron chi connectivity index (χ2n) is 11.4. The summed E-state index contributed by atoms with van der Waals surface area (Å²) in [6.07, 6.45) is 1.81. The van der Waals surface area contributed by atoms with Crippen LogP contribution in [0.2, 0.25) is 5.02 Å². The highest BCUT2D eigenvalue weighted by atomic mass is 35.5. The Morgan fingerprint density at radius 2 is 2.00 bits per heavy atom. The van der Waals surface area contributed by atoms with Gasteiger partial charge in [-0.15, -0.1) is 0 Å². The van der Waals surface area contributed by atoms with Crippen molar-refractivity contribution in [2.45, 2.75) is 57.3 Å². The number of anilines is 1. The third-order valence-corrected chi connectivity index (χ3v) is 8.38. The minimum Gasteiger partial charge on any atom is -0.390 e. The van der Waals surface area contributed by atoms with Gasteiger partial charge in [0.2, 0.25) is 16.0 Å². The molecular formula is C25H33ClFN5O5S. The van der Waals surface area contributed by atoms with Crippen LogP contribution in [0.25, 0.3) is 11.3 Å². The predicted molar refractivity (Wildman–Crippen MR) is 142 cm³/mol. The summed E-state index contributed by atoms with van der Waals surface area (Å²) < 4.78 is 40.3. The summed E-state index contributed by atoms with van der Waals surface area (Å²) >= 11 is 6.40. The quantitative estimate of drug-likeness (QED) is 0.482. The molecule has 208 valence electrons. The summed E-state index contributed by atoms with van der Waals surface area (Å²) in [5.41, 5.74) is -0.677. The highest BCUT2D eigenvalue weighted by Gasteiger charge is 2.40. The third kappa shape index (κ3) is 5.94. The molecule has 1 aromatic heterocycles. The second kappa shape index (κ2) is 9.98. The van der Waals surface area contributed by atoms with E-state index in [4.69, 9.17) is 11.6 Å². The van der Waals surface area contributed by atoms with Crippen LogP contribution in [0.3, 0.4) is 0 Å². The number of aliphatic hydroxyl groups excluding tert-OH is 1. The van der Waals surface area contributed by atoms with Crippen molar-refractivity contribution in [2.75, 3.05) is 37.8 Å². The summed E-state index contributed by atoms with van der Waals surface area (Å²) in [6.45, 7) is 7.53. The van der Waals surface area contributed by atoms with E-state index in [1.807, 2.05) is 13.8 Å². The fourth-order valence-corrected chi connectivity index (χ4v) is 6.12. The minimum absolute atomic E-state index is 0.0430. The van der Waals surface area contributed by atoms with Crippen molar-refractivity contribution < 1.29 is 27.8 Å². The first-order chi connectivity index (χ1) is 17.5. The lowest BCUT2D eigenvalue weighted by Gasteiger charge is -2.41. The number of benzene rings is 1. The highest BCUT2D eigenvalue weighted by molar-refractivity contribution is 7.88. The van der Waals surface area contributed by atoms with Crippen LogP contribution in [0.5, 0.6) is 0 Å². The number of hydrogen-bond donors (Lipinski definition) is 3. The van der Waals surface area contributed by atoms with E-state index in [1.165, 1.54) is 21.5 Å². The summed E-state index contributed by atoms with van der Waals surface area (Å²) in [7, 11) is -3.42. The van der Waals surface area contributed by atoms with Gasteiger partial charge in [0.25, 0.3) is 5.91 Å². The number of piperidine rings is 1. The van der Waals surface area contributed by atoms with Gasteiger partial charge in [0.1, 0.15) is 5.82 Å². The van der Waals surface area contributed by atoms with Gasteiger partial charge in [0, 0.05) is 37.2 Å². The van der Waals surface area contributed by atoms with Crippen LogP contribution < -0.4 is 5.32 Å². The number of β-amino-alcohol motifs (C(OH)–C–C–N with tert-alkyl or cyclic N) is 2. The first kappa shape index (κ1) is 28.6. The number of fused-ring (bicyclic) bond motifs is 1. The molecule has 0 saturated carbocycles. The van der Waals surface area contributed by atoms with Crippen molar-refractivity contribution in [1.82, 2.24) is 19.2 Å². The van der Waals surface area contributed by atoms with Gasteiger partial charge in [0.15, 0.2) is 0 Å². The average molecular weight is 570 g/mol. The number of amides is 1. The Morgan fingerprint density at radius 3 is 2.61 bits per heavy atom. The molecule has 3 N–H and O–H groups in total. The van der Waals surface area contributed by atoms with Crippen LogP contribution >= 0.6 is 11.6 Å². The van der Waals surface area contributed by atoms with Crippen LogP contribution in [-0.4, -0.2) is 93.9 Å². The molecule has 1 amide bonds. The Hall–Kier alpha value is -2.38. The predicted octanol–water partition coefficient (Wildman–Crippen LogP) is 2.25. The first-order valence-corrected chi connectivity index (χ1v) is 14.5. The zero-order valence-electron chi connectivity index (χ0n) is 22.0. The van der Waals surface area contributed by atoms with Crippen LogP contribution in [0.1, 0.15) is 50.0 Å². The Labute approximate surface area is 226 Å². The molecule has 1 saturated heterocycles. The van der Waals surface area contributed by atoms with E-state index in [0.717, 1.165) is 6.26 Å². The van der Waals surface area contributed by atoms with E-state index in [2.05, 4.69) is 15.3 Å². The van der Waals surface area contributed by atoms with Crippen molar-refractivity contribution in [3.8, 4) is 11.3 Å². The van der Waals surface area contributed by atoms with Gasteiger partial charge >= 0.3 is 0 Å². The molecule has 10 nitrogen and oxygen atoms in total. The molecule has 13 heteroatoms. The molecule has 38 heavy (non-hydrogen) atoms. The average Bonchev–Trinajstić information content (AvgIpc) is 2.77. The van der Waals surface area contributed by atoms with Crippen LogP contribution in [0.4, 0.5) is 10.3 Å². The summed E-state index contributed by atoms with van der Waals surface area (Å²) in [5.74, 6) is -1.06. The zero-order valence-corrected chi connectivity index (χ0v) is 23.6. The minimum atomic E-state index is -3.42. The number of carbonyl (C=O) groups excluding carboxylic acids is 1. The topological polar surface area (TPSA) is 136 Å². The SMILES string of the molecule is CC(C)(O)CN1CC(C)(C)c2cc(-c3nc(N[C@@H]4CCN(S(C)(=O)=O)C[C@H]4O)ncc3Cl)cc(F)c2C1=O. The monoisotopic (exact) mass is 569 g/mol. The number of aromatic nitrogens is 2. The molecule has 0 radical (unpaired) electrons. The van der Waals surface area contributed by atoms with E-state index < -0.39 is 44.9 Å². The van der Waals surface area contributed by atoms with Crippen LogP contribution in [-0.2, 0) is 15.4 Å². The number of hydrogen-bond acceptors (Lipinski definition) is 8. The molecule has 1 aromatic carbocycles. The van der Waals surface area contributed by atoms with Crippen molar-refractivity contribution in [1.29, 1.82) is 0 Å². The van der Waals surface area contributed by atoms with Crippen LogP contribution in [0, 0.1) is 5.82 Å². The number of sulfonamides is 1. The van der Waals surface area contributed by atoms with Crippen molar-refractivity contribution in [3.63, 3.8) is 0 Å². The summed E-state index contributed by atoms with van der Waals surface area (Å²) in [4.78, 5) is 23.3. The van der Waals surface area contributed by atoms with E-state index in [0.29, 0.717) is 24.1 Å². The molecule has 0 aliphatic carbocycles. The maximum absolute atomic E-state index is 15.5. The van der Waals surface area contributed by atoms with Gasteiger partial charge in [-0.2, -0.15) is 4.31 Å². The summed E-state index contributed by atoms with van der Waals surface area (Å²) in [6, 6.07) is 2.41. The number of aliphatic hydroxyl groups is 2. The molecule has 0 unspecified atom stereocenters. The maximum Gasteiger partial charge on any atom is 0.257 e. The van der Waals surface area contributed by atoms with Crippen molar-refractivity contribution >= 4 is 33.5 Å². The Morgan fingerprint density at radius 1 is 1.32 bits per heavy atom. The van der Waals surface area contributed by atoms with E-state index >= 15 is 4.39 Å². The smallest absolute Gasteiger partial charge is 0.257 e. The molecule has 4 rings (SSSR count). The molecule has 2 aromatic rings. The molecule has 2 aliphatic heterocycles. The fourth-order valence-electron chi connectivity index (χ4n) is 5.06. The number of nitrogens with zero attached hydrogens (tertiary/aromatic N) is 4. The molecule has 0 spiro atoms. The lowest BCUT2D eigenvalue weighted by atomic mass is 9.76. The largest absolute Gasteiger partial charge is 0.390 e. The van der Waals surface area contributed by atoms with Gasteiger partial charge in [-0.25, -0.2) is 22.8 Å². The number of halogens is 2. The van der Waals surface area contributed by atoms with E-state index in [1.54, 1.807) is 19.9 Å². The van der Waals surface area contributed by atoms with E-state index in [-0.39, 0.29) is 41.9 Å². The van der Waals surface area contributed by atoms with Gasteiger partial charge in [0.05, 0.1) is 46.5 Å². The zero-order chi connectivity index (χ0) is 28.2. The molecule has 1 fully saturated rings. The maximum atomic E-state index is 15.5. The molecule has 3 heterocycles. The number of nitrogens with one attached hydrogen (secondary N) is 1. The third-order valence-electron chi connectivity index (χ3n) is 6.83. The lowest BCUT2D eigenvalue weighted by molar-refractivity contribution is 0.0223. The molecular weight excluding hydrogens is 537 g/mol. The standard InChI is InChI=1S/C25H33ClFN5O5S/c1-24(2)12-31(13-25(3,4)35)22(34)20-15(24)8-14(9-17(20)27)21-16(26)10-28-23(30-21)29-18-6-7-32(11-19(18)33)38(5,36)37/h8-10,18-19,33,35H,6-7,11-13H2,1-5H3,(H,28,29,30)/t18-,19-/m1/s1. The van der Waals surface area contributed by atoms with Gasteiger partial charge in [-0.05, 0) is 38.0 Å². The van der Waals surface area contributed by atoms with Crippen LogP contribution in [0.15, 0.2) is 18.3 Å². The number of rotatable bonds is 6. The van der Waals surface area contributed by atoms with Gasteiger partial charge < -0.3 is 20.4 Å². The second-order valence-corrected chi connectivity index (χ2v) is 13.7. The lowest BCUT2D eigenvalue weighted by Crippen LogP contribution is -2.51. The van der Waals surface area contributed by atoms with Crippen molar-refractivity contribution in [2.24, 2.45) is 0 Å². The number of carbonyl (C=O) groups is 1. The summed E-state index contributed by atoms with van der Waals surface area (Å²) in [5, 5.41) is 23.9. The first-order valence-electron chi connectivity index (χ1n) is 12.2. The Bertz CT molecular complexity index is 1360. The molecule has 0 bridgehead atoms. The van der Waals surface area contributed by atoms with Gasteiger partial charge in [-0.1, -0.05) is 25.4 Å². The van der Waals surface area contributed by atoms with Crippen molar-refractivity contribution in [3.05, 3.63) is 40.3 Å².